The van der Waals surface area contributed by atoms with Crippen molar-refractivity contribution in [2.75, 3.05) is 0 Å². The van der Waals surface area contributed by atoms with Gasteiger partial charge in [-0.05, 0) is 18.6 Å². The van der Waals surface area contributed by atoms with Crippen LogP contribution in [0.5, 0.6) is 0 Å². The predicted octanol–water partition coefficient (Wildman–Crippen LogP) is 2.77. The Balaban J connectivity index is 2.32. The second kappa shape index (κ2) is 4.24. The summed E-state index contributed by atoms with van der Waals surface area (Å²) in [6, 6.07) is 14.2. The molecule has 2 heteroatoms. The molecule has 1 heterocycles. The third kappa shape index (κ3) is 2.22. The summed E-state index contributed by atoms with van der Waals surface area (Å²) >= 11 is 0. The minimum absolute atomic E-state index is 0.00479. The molecule has 2 N–H and O–H groups in total. The van der Waals surface area contributed by atoms with E-state index >= 15 is 0 Å². The number of benzene rings is 1. The van der Waals surface area contributed by atoms with Crippen LogP contribution < -0.4 is 5.73 Å². The number of aromatic nitrogens is 1. The van der Waals surface area contributed by atoms with E-state index in [1.54, 1.807) is 0 Å². The van der Waals surface area contributed by atoms with E-state index in [1.807, 2.05) is 37.4 Å². The molecular weight excluding hydrogens is 184 g/mol. The first-order valence-electron chi connectivity index (χ1n) is 5.04. The first-order chi connectivity index (χ1) is 7.27. The lowest BCUT2D eigenvalue weighted by molar-refractivity contribution is 0.781. The molecule has 0 aliphatic carbocycles. The van der Waals surface area contributed by atoms with E-state index in [2.05, 4.69) is 23.2 Å². The summed E-state index contributed by atoms with van der Waals surface area (Å²) in [6.07, 6.45) is 1.87. The molecule has 76 valence electrons. The zero-order valence-corrected chi connectivity index (χ0v) is 8.72. The molecule has 0 saturated heterocycles. The summed E-state index contributed by atoms with van der Waals surface area (Å²) in [5, 5.41) is 0. The molecule has 0 amide bonds. The molecule has 0 spiro atoms. The van der Waals surface area contributed by atoms with Gasteiger partial charge < -0.3 is 5.73 Å². The highest BCUT2D eigenvalue weighted by Crippen LogP contribution is 2.18. The normalized spacial score (nSPS) is 12.4. The summed E-state index contributed by atoms with van der Waals surface area (Å²) in [5.41, 5.74) is 8.97. The zero-order valence-electron chi connectivity index (χ0n) is 8.72. The molecule has 1 aromatic heterocycles. The molecule has 2 rings (SSSR count). The van der Waals surface area contributed by atoms with E-state index in [1.165, 1.54) is 5.56 Å². The predicted molar refractivity (Wildman–Crippen MR) is 62.3 cm³/mol. The summed E-state index contributed by atoms with van der Waals surface area (Å²) in [4.78, 5) is 4.33. The van der Waals surface area contributed by atoms with Gasteiger partial charge in [0, 0.05) is 17.8 Å². The Morgan fingerprint density at radius 3 is 2.27 bits per heavy atom. The van der Waals surface area contributed by atoms with E-state index in [4.69, 9.17) is 5.73 Å². The van der Waals surface area contributed by atoms with Gasteiger partial charge in [-0.15, -0.1) is 0 Å². The van der Waals surface area contributed by atoms with Crippen molar-refractivity contribution in [3.05, 3.63) is 54.4 Å². The molecule has 15 heavy (non-hydrogen) atoms. The summed E-state index contributed by atoms with van der Waals surface area (Å²) in [7, 11) is 0. The van der Waals surface area contributed by atoms with Gasteiger partial charge in [0.2, 0.25) is 0 Å². The minimum atomic E-state index is -0.00479. The van der Waals surface area contributed by atoms with Crippen molar-refractivity contribution in [1.82, 2.24) is 4.98 Å². The van der Waals surface area contributed by atoms with Gasteiger partial charge >= 0.3 is 0 Å². The molecule has 1 atom stereocenters. The van der Waals surface area contributed by atoms with Gasteiger partial charge in [-0.1, -0.05) is 36.4 Å². The van der Waals surface area contributed by atoms with Crippen LogP contribution in [-0.4, -0.2) is 4.98 Å². The molecule has 0 bridgehead atoms. The maximum Gasteiger partial charge on any atom is 0.0568 e. The van der Waals surface area contributed by atoms with Crippen LogP contribution >= 0.6 is 0 Å². The number of pyridine rings is 1. The lowest BCUT2D eigenvalue weighted by Crippen LogP contribution is -2.06. The lowest BCUT2D eigenvalue weighted by Gasteiger charge is -2.05. The first kappa shape index (κ1) is 9.87. The third-order valence-corrected chi connectivity index (χ3v) is 2.36. The van der Waals surface area contributed by atoms with Crippen LogP contribution in [-0.2, 0) is 0 Å². The van der Waals surface area contributed by atoms with Crippen LogP contribution in [0.1, 0.15) is 18.7 Å². The van der Waals surface area contributed by atoms with E-state index in [-0.39, 0.29) is 6.04 Å². The Labute approximate surface area is 89.8 Å². The van der Waals surface area contributed by atoms with E-state index in [9.17, 15) is 0 Å². The van der Waals surface area contributed by atoms with Crippen LogP contribution in [0.2, 0.25) is 0 Å². The Morgan fingerprint density at radius 1 is 1.00 bits per heavy atom. The summed E-state index contributed by atoms with van der Waals surface area (Å²) in [6.45, 7) is 1.94. The van der Waals surface area contributed by atoms with E-state index in [0.717, 1.165) is 11.3 Å². The smallest absolute Gasteiger partial charge is 0.0568 e. The average molecular weight is 198 g/mol. The fourth-order valence-corrected chi connectivity index (χ4v) is 1.48. The zero-order chi connectivity index (χ0) is 10.7. The van der Waals surface area contributed by atoms with Gasteiger partial charge in [0.05, 0.1) is 5.69 Å². The Hall–Kier alpha value is -1.67. The van der Waals surface area contributed by atoms with Gasteiger partial charge in [-0.25, -0.2) is 0 Å². The second-order valence-corrected chi connectivity index (χ2v) is 3.63. The second-order valence-electron chi connectivity index (χ2n) is 3.63. The molecule has 1 unspecified atom stereocenters. The van der Waals surface area contributed by atoms with Crippen molar-refractivity contribution in [3.8, 4) is 11.1 Å². The van der Waals surface area contributed by atoms with Crippen LogP contribution in [0.15, 0.2) is 48.7 Å². The number of nitrogens with two attached hydrogens (primary N) is 1. The minimum Gasteiger partial charge on any atom is -0.323 e. The van der Waals surface area contributed by atoms with Gasteiger partial charge in [-0.2, -0.15) is 0 Å². The molecule has 2 aromatic rings. The largest absolute Gasteiger partial charge is 0.323 e. The van der Waals surface area contributed by atoms with Crippen LogP contribution in [0.25, 0.3) is 11.1 Å². The molecule has 1 aromatic carbocycles. The highest BCUT2D eigenvalue weighted by Gasteiger charge is 2.01. The Kier molecular flexibility index (Phi) is 2.79. The highest BCUT2D eigenvalue weighted by atomic mass is 14.8. The average Bonchev–Trinajstić information content (AvgIpc) is 2.30. The number of hydrogen-bond acceptors (Lipinski definition) is 2. The lowest BCUT2D eigenvalue weighted by atomic mass is 10.1. The number of nitrogens with zero attached hydrogens (tertiary/aromatic N) is 1. The monoisotopic (exact) mass is 198 g/mol. The van der Waals surface area contributed by atoms with Crippen molar-refractivity contribution < 1.29 is 0 Å². The maximum atomic E-state index is 5.74. The molecule has 0 saturated carbocycles. The van der Waals surface area contributed by atoms with Crippen molar-refractivity contribution in [2.24, 2.45) is 5.73 Å². The molecular formula is C13H14N2. The van der Waals surface area contributed by atoms with Crippen LogP contribution in [0, 0.1) is 0 Å². The van der Waals surface area contributed by atoms with Crippen molar-refractivity contribution >= 4 is 0 Å². The highest BCUT2D eigenvalue weighted by molar-refractivity contribution is 5.62. The quantitative estimate of drug-likeness (QED) is 0.805. The first-order valence-corrected chi connectivity index (χ1v) is 5.04. The van der Waals surface area contributed by atoms with E-state index in [0.29, 0.717) is 0 Å². The molecule has 0 aliphatic rings. The number of rotatable bonds is 2. The van der Waals surface area contributed by atoms with Gasteiger partial charge in [-0.3, -0.25) is 4.98 Å². The topological polar surface area (TPSA) is 38.9 Å². The van der Waals surface area contributed by atoms with Gasteiger partial charge in [0.15, 0.2) is 0 Å². The number of hydrogen-bond donors (Lipinski definition) is 1. The summed E-state index contributed by atoms with van der Waals surface area (Å²) in [5.74, 6) is 0. The van der Waals surface area contributed by atoms with Gasteiger partial charge in [0.1, 0.15) is 0 Å². The molecule has 2 nitrogen and oxygen atoms in total. The maximum absolute atomic E-state index is 5.74. The van der Waals surface area contributed by atoms with Crippen LogP contribution in [0.3, 0.4) is 0 Å². The molecule has 0 radical (unpaired) electrons. The fourth-order valence-electron chi connectivity index (χ4n) is 1.48. The fraction of sp³-hybridized carbons (Fsp3) is 0.154. The Morgan fingerprint density at radius 2 is 1.73 bits per heavy atom. The molecule has 0 aliphatic heterocycles. The van der Waals surface area contributed by atoms with Crippen molar-refractivity contribution in [3.63, 3.8) is 0 Å². The SMILES string of the molecule is CC(N)c1ccc(-c2ccccc2)cn1. The third-order valence-electron chi connectivity index (χ3n) is 2.36. The molecule has 0 fully saturated rings. The van der Waals surface area contributed by atoms with Crippen LogP contribution in [0.4, 0.5) is 0 Å². The Bertz CT molecular complexity index is 418. The standard InChI is InChI=1S/C13H14N2/c1-10(14)13-8-7-12(9-15-13)11-5-3-2-4-6-11/h2-10H,14H2,1H3. The van der Waals surface area contributed by atoms with Crippen molar-refractivity contribution in [2.45, 2.75) is 13.0 Å². The summed E-state index contributed by atoms with van der Waals surface area (Å²) < 4.78 is 0. The van der Waals surface area contributed by atoms with E-state index < -0.39 is 0 Å². The van der Waals surface area contributed by atoms with Crippen molar-refractivity contribution in [1.29, 1.82) is 0 Å². The van der Waals surface area contributed by atoms with Gasteiger partial charge in [0.25, 0.3) is 0 Å².